The van der Waals surface area contributed by atoms with Crippen LogP contribution in [0.3, 0.4) is 0 Å². The maximum atomic E-state index is 12.2. The lowest BCUT2D eigenvalue weighted by Crippen LogP contribution is -2.44. The number of carbonyl (C=O) groups is 2. The first-order valence-electron chi connectivity index (χ1n) is 5.95. The Bertz CT molecular complexity index is 459. The third kappa shape index (κ3) is 2.85. The van der Waals surface area contributed by atoms with Crippen molar-refractivity contribution < 1.29 is 9.59 Å². The van der Waals surface area contributed by atoms with Crippen molar-refractivity contribution in [2.24, 2.45) is 11.7 Å². The predicted molar refractivity (Wildman–Crippen MR) is 71.5 cm³/mol. The van der Waals surface area contributed by atoms with Crippen LogP contribution in [0, 0.1) is 5.92 Å². The first-order chi connectivity index (χ1) is 8.58. The highest BCUT2D eigenvalue weighted by Gasteiger charge is 2.27. The Morgan fingerprint density at radius 3 is 2.56 bits per heavy atom. The van der Waals surface area contributed by atoms with Gasteiger partial charge in [0.15, 0.2) is 0 Å². The highest BCUT2D eigenvalue weighted by atomic mass is 32.1. The van der Waals surface area contributed by atoms with Gasteiger partial charge in [0.05, 0.1) is 5.92 Å². The van der Waals surface area contributed by atoms with Gasteiger partial charge < -0.3 is 10.6 Å². The zero-order chi connectivity index (χ0) is 13.1. The van der Waals surface area contributed by atoms with Crippen LogP contribution >= 0.6 is 12.6 Å². The van der Waals surface area contributed by atoms with Gasteiger partial charge in [-0.15, -0.1) is 12.6 Å². The molecule has 0 aromatic heterocycles. The lowest BCUT2D eigenvalue weighted by atomic mass is 9.97. The average Bonchev–Trinajstić information content (AvgIpc) is 2.39. The van der Waals surface area contributed by atoms with Gasteiger partial charge in [-0.25, -0.2) is 0 Å². The quantitative estimate of drug-likeness (QED) is 0.791. The minimum Gasteiger partial charge on any atom is -0.369 e. The van der Waals surface area contributed by atoms with E-state index in [1.807, 2.05) is 0 Å². The molecular formula is C13H16N2O2S. The fourth-order valence-electron chi connectivity index (χ4n) is 2.18. The van der Waals surface area contributed by atoms with E-state index in [0.29, 0.717) is 18.7 Å². The third-order valence-electron chi connectivity index (χ3n) is 3.23. The van der Waals surface area contributed by atoms with Crippen LogP contribution in [0.1, 0.15) is 23.2 Å². The van der Waals surface area contributed by atoms with Crippen molar-refractivity contribution in [3.05, 3.63) is 29.8 Å². The molecule has 1 aliphatic rings. The van der Waals surface area contributed by atoms with E-state index >= 15 is 0 Å². The van der Waals surface area contributed by atoms with Gasteiger partial charge in [-0.3, -0.25) is 9.59 Å². The van der Waals surface area contributed by atoms with Crippen molar-refractivity contribution in [2.75, 3.05) is 13.1 Å². The molecule has 0 bridgehead atoms. The second-order valence-electron chi connectivity index (χ2n) is 4.54. The van der Waals surface area contributed by atoms with Crippen LogP contribution in [-0.4, -0.2) is 29.8 Å². The molecule has 2 amide bonds. The maximum Gasteiger partial charge on any atom is 0.253 e. The van der Waals surface area contributed by atoms with Gasteiger partial charge >= 0.3 is 0 Å². The van der Waals surface area contributed by atoms with Crippen LogP contribution in [0.25, 0.3) is 0 Å². The molecule has 0 saturated carbocycles. The highest BCUT2D eigenvalue weighted by Crippen LogP contribution is 2.19. The van der Waals surface area contributed by atoms with E-state index in [9.17, 15) is 9.59 Å². The number of primary amides is 1. The topological polar surface area (TPSA) is 63.4 Å². The molecule has 1 heterocycles. The predicted octanol–water partition coefficient (Wildman–Crippen LogP) is 1.31. The van der Waals surface area contributed by atoms with Crippen LogP contribution in [0.5, 0.6) is 0 Å². The number of piperidine rings is 1. The van der Waals surface area contributed by atoms with Crippen LogP contribution in [0.4, 0.5) is 0 Å². The van der Waals surface area contributed by atoms with E-state index in [1.165, 1.54) is 0 Å². The minimum absolute atomic E-state index is 0.0470. The summed E-state index contributed by atoms with van der Waals surface area (Å²) in [6, 6.07) is 7.06. The largest absolute Gasteiger partial charge is 0.369 e. The first-order valence-corrected chi connectivity index (χ1v) is 6.40. The SMILES string of the molecule is NC(=O)C1CCCN(C(=O)c2ccc(S)cc2)C1. The molecule has 5 heteroatoms. The molecule has 1 unspecified atom stereocenters. The Hall–Kier alpha value is -1.49. The number of rotatable bonds is 2. The van der Waals surface area contributed by atoms with E-state index < -0.39 is 0 Å². The Morgan fingerprint density at radius 2 is 1.94 bits per heavy atom. The molecular weight excluding hydrogens is 248 g/mol. The molecule has 96 valence electrons. The standard InChI is InChI=1S/C13H16N2O2S/c14-12(16)10-2-1-7-15(8-10)13(17)9-3-5-11(18)6-4-9/h3-6,10,18H,1-2,7-8H2,(H2,14,16). The van der Waals surface area contributed by atoms with Crippen LogP contribution in [0.2, 0.25) is 0 Å². The summed E-state index contributed by atoms with van der Waals surface area (Å²) in [6.45, 7) is 1.11. The van der Waals surface area contributed by atoms with Crippen molar-refractivity contribution in [3.8, 4) is 0 Å². The molecule has 0 spiro atoms. The molecule has 1 atom stereocenters. The van der Waals surface area contributed by atoms with Crippen LogP contribution in [0.15, 0.2) is 29.2 Å². The van der Waals surface area contributed by atoms with Gasteiger partial charge in [-0.2, -0.15) is 0 Å². The molecule has 2 N–H and O–H groups in total. The number of thiol groups is 1. The summed E-state index contributed by atoms with van der Waals surface area (Å²) >= 11 is 4.18. The Labute approximate surface area is 112 Å². The van der Waals surface area contributed by atoms with Gasteiger partial charge in [0.1, 0.15) is 0 Å². The first kappa shape index (κ1) is 13.0. The van der Waals surface area contributed by atoms with Crippen molar-refractivity contribution >= 4 is 24.4 Å². The number of hydrogen-bond donors (Lipinski definition) is 2. The molecule has 1 aromatic rings. The van der Waals surface area contributed by atoms with Crippen LogP contribution < -0.4 is 5.73 Å². The van der Waals surface area contributed by atoms with Crippen molar-refractivity contribution in [2.45, 2.75) is 17.7 Å². The lowest BCUT2D eigenvalue weighted by molar-refractivity contribution is -0.123. The Kier molecular flexibility index (Phi) is 3.91. The number of carbonyl (C=O) groups excluding carboxylic acids is 2. The van der Waals surface area contributed by atoms with E-state index in [0.717, 1.165) is 17.7 Å². The maximum absolute atomic E-state index is 12.2. The molecule has 1 saturated heterocycles. The zero-order valence-electron chi connectivity index (χ0n) is 10.0. The van der Waals surface area contributed by atoms with Crippen molar-refractivity contribution in [1.82, 2.24) is 4.90 Å². The third-order valence-corrected chi connectivity index (χ3v) is 3.52. The second kappa shape index (κ2) is 5.44. The van der Waals surface area contributed by atoms with E-state index in [1.54, 1.807) is 29.2 Å². The van der Waals surface area contributed by atoms with Crippen molar-refractivity contribution in [1.29, 1.82) is 0 Å². The normalized spacial score (nSPS) is 19.6. The highest BCUT2D eigenvalue weighted by molar-refractivity contribution is 7.80. The van der Waals surface area contributed by atoms with E-state index in [2.05, 4.69) is 12.6 Å². The van der Waals surface area contributed by atoms with Crippen LogP contribution in [-0.2, 0) is 4.79 Å². The van der Waals surface area contributed by atoms with Gasteiger partial charge in [-0.1, -0.05) is 0 Å². The number of benzene rings is 1. The lowest BCUT2D eigenvalue weighted by Gasteiger charge is -2.31. The fourth-order valence-corrected chi connectivity index (χ4v) is 2.33. The number of nitrogens with two attached hydrogens (primary N) is 1. The number of amides is 2. The molecule has 18 heavy (non-hydrogen) atoms. The molecule has 2 rings (SSSR count). The summed E-state index contributed by atoms with van der Waals surface area (Å²) in [6.07, 6.45) is 1.60. The Balaban J connectivity index is 2.09. The summed E-state index contributed by atoms with van der Waals surface area (Å²) in [5.74, 6) is -0.584. The number of likely N-dealkylation sites (tertiary alicyclic amines) is 1. The monoisotopic (exact) mass is 264 g/mol. The number of hydrogen-bond acceptors (Lipinski definition) is 3. The number of nitrogens with zero attached hydrogens (tertiary/aromatic N) is 1. The van der Waals surface area contributed by atoms with Gasteiger partial charge in [0, 0.05) is 23.5 Å². The van der Waals surface area contributed by atoms with Gasteiger partial charge in [-0.05, 0) is 37.1 Å². The molecule has 4 nitrogen and oxygen atoms in total. The van der Waals surface area contributed by atoms with E-state index in [-0.39, 0.29) is 17.7 Å². The zero-order valence-corrected chi connectivity index (χ0v) is 10.9. The summed E-state index contributed by atoms with van der Waals surface area (Å²) in [5, 5.41) is 0. The minimum atomic E-state index is -0.321. The summed E-state index contributed by atoms with van der Waals surface area (Å²) in [5.41, 5.74) is 5.92. The van der Waals surface area contributed by atoms with Crippen molar-refractivity contribution in [3.63, 3.8) is 0 Å². The smallest absolute Gasteiger partial charge is 0.253 e. The van der Waals surface area contributed by atoms with Gasteiger partial charge in [0.25, 0.3) is 5.91 Å². The second-order valence-corrected chi connectivity index (χ2v) is 5.06. The Morgan fingerprint density at radius 1 is 1.28 bits per heavy atom. The average molecular weight is 264 g/mol. The molecule has 1 aliphatic heterocycles. The molecule has 0 radical (unpaired) electrons. The van der Waals surface area contributed by atoms with Gasteiger partial charge in [0.2, 0.25) is 5.91 Å². The fraction of sp³-hybridized carbons (Fsp3) is 0.385. The summed E-state index contributed by atoms with van der Waals surface area (Å²) in [7, 11) is 0. The molecule has 1 fully saturated rings. The molecule has 1 aromatic carbocycles. The summed E-state index contributed by atoms with van der Waals surface area (Å²) < 4.78 is 0. The van der Waals surface area contributed by atoms with E-state index in [4.69, 9.17) is 5.73 Å². The summed E-state index contributed by atoms with van der Waals surface area (Å²) in [4.78, 5) is 25.9. The molecule has 0 aliphatic carbocycles.